The van der Waals surface area contributed by atoms with Gasteiger partial charge in [0.05, 0.1) is 23.8 Å². The van der Waals surface area contributed by atoms with Gasteiger partial charge in [0.25, 0.3) is 0 Å². The Morgan fingerprint density at radius 2 is 2.14 bits per heavy atom. The summed E-state index contributed by atoms with van der Waals surface area (Å²) in [5.41, 5.74) is 2.40. The number of rotatable bonds is 4. The Hall–Kier alpha value is -3.09. The normalized spacial score (nSPS) is 22.1. The third-order valence-corrected chi connectivity index (χ3v) is 5.40. The Labute approximate surface area is 162 Å². The Morgan fingerprint density at radius 1 is 1.29 bits per heavy atom. The molecule has 2 aromatic heterocycles. The zero-order chi connectivity index (χ0) is 19.7. The number of hydrogen-bond acceptors (Lipinski definition) is 5. The van der Waals surface area contributed by atoms with E-state index in [0.29, 0.717) is 35.0 Å². The molecule has 0 aliphatic heterocycles. The molecule has 1 saturated carbocycles. The van der Waals surface area contributed by atoms with Crippen LogP contribution in [0, 0.1) is 11.8 Å². The van der Waals surface area contributed by atoms with E-state index in [1.165, 1.54) is 0 Å². The number of allylic oxidation sites excluding steroid dienone is 1. The summed E-state index contributed by atoms with van der Waals surface area (Å²) in [6, 6.07) is 5.18. The van der Waals surface area contributed by atoms with Gasteiger partial charge < -0.3 is 9.67 Å². The minimum atomic E-state index is -0.905. The molecular weight excluding hydrogens is 357 g/mol. The number of phenols is 1. The van der Waals surface area contributed by atoms with Crippen molar-refractivity contribution in [1.29, 1.82) is 0 Å². The second-order valence-electron chi connectivity index (χ2n) is 7.40. The number of hydrogen-bond donors (Lipinski definition) is 1. The average Bonchev–Trinajstić information content (AvgIpc) is 3.22. The lowest BCUT2D eigenvalue weighted by molar-refractivity contribution is 0.167. The molecule has 0 amide bonds. The first-order valence-corrected chi connectivity index (χ1v) is 9.37. The first-order chi connectivity index (χ1) is 13.5. The van der Waals surface area contributed by atoms with E-state index >= 15 is 0 Å². The summed E-state index contributed by atoms with van der Waals surface area (Å²) in [5.74, 6) is 0.518. The van der Waals surface area contributed by atoms with E-state index in [2.05, 4.69) is 33.7 Å². The molecule has 144 valence electrons. The summed E-state index contributed by atoms with van der Waals surface area (Å²) in [7, 11) is 0. The molecule has 1 aromatic carbocycles. The molecule has 6 nitrogen and oxygen atoms in total. The summed E-state index contributed by atoms with van der Waals surface area (Å²) in [5, 5.41) is 18.7. The van der Waals surface area contributed by atoms with Crippen LogP contribution in [-0.4, -0.2) is 36.0 Å². The standard InChI is InChI=1S/C21H22FN5O/c1-13-3-5-16(18(22)9-13)14(2)19-11-24-21(26-25-19)17-6-4-15(10-20(17)28)27-8-7-23-12-27/h4,6-8,10-13,16,18,28H,2-3,5,9H2,1H3/t13?,16-,18+/m1/s1. The van der Waals surface area contributed by atoms with E-state index in [4.69, 9.17) is 0 Å². The lowest BCUT2D eigenvalue weighted by Gasteiger charge is -2.30. The molecule has 1 aliphatic carbocycles. The fourth-order valence-corrected chi connectivity index (χ4v) is 3.72. The molecular formula is C21H22FN5O. The van der Waals surface area contributed by atoms with Gasteiger partial charge in [-0.1, -0.05) is 13.5 Å². The van der Waals surface area contributed by atoms with E-state index < -0.39 is 6.17 Å². The molecule has 0 spiro atoms. The van der Waals surface area contributed by atoms with Crippen molar-refractivity contribution in [3.8, 4) is 22.8 Å². The van der Waals surface area contributed by atoms with Gasteiger partial charge in [-0.05, 0) is 42.9 Å². The topological polar surface area (TPSA) is 76.7 Å². The van der Waals surface area contributed by atoms with Gasteiger partial charge in [-0.15, -0.1) is 10.2 Å². The van der Waals surface area contributed by atoms with Crippen LogP contribution in [0.1, 0.15) is 31.9 Å². The maximum atomic E-state index is 14.4. The van der Waals surface area contributed by atoms with Crippen molar-refractivity contribution < 1.29 is 9.50 Å². The van der Waals surface area contributed by atoms with E-state index in [1.807, 2.05) is 6.07 Å². The second-order valence-corrected chi connectivity index (χ2v) is 7.40. The number of benzene rings is 1. The van der Waals surface area contributed by atoms with Crippen LogP contribution < -0.4 is 0 Å². The van der Waals surface area contributed by atoms with E-state index in [0.717, 1.165) is 18.5 Å². The van der Waals surface area contributed by atoms with Crippen LogP contribution in [0.2, 0.25) is 0 Å². The quantitative estimate of drug-likeness (QED) is 0.734. The molecule has 3 aromatic rings. The van der Waals surface area contributed by atoms with Crippen LogP contribution in [0.25, 0.3) is 22.6 Å². The smallest absolute Gasteiger partial charge is 0.185 e. The third-order valence-electron chi connectivity index (χ3n) is 5.40. The number of aromatic hydroxyl groups is 1. The summed E-state index contributed by atoms with van der Waals surface area (Å²) < 4.78 is 16.2. The number of phenolic OH excluding ortho intramolecular Hbond substituents is 1. The van der Waals surface area contributed by atoms with Crippen LogP contribution in [0.5, 0.6) is 5.75 Å². The summed E-state index contributed by atoms with van der Waals surface area (Å²) in [6.45, 7) is 6.12. The highest BCUT2D eigenvalue weighted by atomic mass is 19.1. The van der Waals surface area contributed by atoms with Crippen LogP contribution >= 0.6 is 0 Å². The van der Waals surface area contributed by atoms with Gasteiger partial charge in [-0.2, -0.15) is 0 Å². The molecule has 7 heteroatoms. The lowest BCUT2D eigenvalue weighted by atomic mass is 9.77. The molecule has 1 N–H and O–H groups in total. The highest BCUT2D eigenvalue weighted by molar-refractivity contribution is 5.67. The second kappa shape index (κ2) is 7.50. The van der Waals surface area contributed by atoms with Gasteiger partial charge >= 0.3 is 0 Å². The summed E-state index contributed by atoms with van der Waals surface area (Å²) >= 11 is 0. The Morgan fingerprint density at radius 3 is 2.79 bits per heavy atom. The molecule has 2 heterocycles. The zero-order valence-electron chi connectivity index (χ0n) is 15.7. The predicted octanol–water partition coefficient (Wildman–Crippen LogP) is 4.22. The number of halogens is 1. The molecule has 1 aliphatic rings. The van der Waals surface area contributed by atoms with E-state index in [9.17, 15) is 9.50 Å². The van der Waals surface area contributed by atoms with Gasteiger partial charge in [0.15, 0.2) is 5.82 Å². The highest BCUT2D eigenvalue weighted by Gasteiger charge is 2.31. The van der Waals surface area contributed by atoms with Gasteiger partial charge in [-0.25, -0.2) is 14.4 Å². The van der Waals surface area contributed by atoms with Gasteiger partial charge in [-0.3, -0.25) is 0 Å². The Bertz CT molecular complexity index is 971. The van der Waals surface area contributed by atoms with Gasteiger partial charge in [0.1, 0.15) is 17.6 Å². The SMILES string of the molecule is C=C(c1cnc(-c2ccc(-n3ccnc3)cc2O)nn1)[C@H]1CCC(C)C[C@@H]1F. The fourth-order valence-electron chi connectivity index (χ4n) is 3.72. The van der Waals surface area contributed by atoms with Crippen molar-refractivity contribution in [2.45, 2.75) is 32.4 Å². The number of alkyl halides is 1. The molecule has 0 bridgehead atoms. The van der Waals surface area contributed by atoms with E-state index in [1.54, 1.807) is 41.6 Å². The summed E-state index contributed by atoms with van der Waals surface area (Å²) in [4.78, 5) is 8.32. The van der Waals surface area contributed by atoms with Crippen molar-refractivity contribution in [3.05, 3.63) is 55.4 Å². The first-order valence-electron chi connectivity index (χ1n) is 9.37. The first kappa shape index (κ1) is 18.3. The minimum Gasteiger partial charge on any atom is -0.507 e. The van der Waals surface area contributed by atoms with Crippen LogP contribution in [0.4, 0.5) is 4.39 Å². The third kappa shape index (κ3) is 3.52. The zero-order valence-corrected chi connectivity index (χ0v) is 15.7. The average molecular weight is 379 g/mol. The highest BCUT2D eigenvalue weighted by Crippen LogP contribution is 2.38. The summed E-state index contributed by atoms with van der Waals surface area (Å²) in [6.07, 6.45) is 8.06. The van der Waals surface area contributed by atoms with Crippen molar-refractivity contribution in [1.82, 2.24) is 24.7 Å². The Kier molecular flexibility index (Phi) is 4.90. The van der Waals surface area contributed by atoms with Crippen molar-refractivity contribution >= 4 is 5.57 Å². The molecule has 1 unspecified atom stereocenters. The number of nitrogens with zero attached hydrogens (tertiary/aromatic N) is 5. The van der Waals surface area contributed by atoms with E-state index in [-0.39, 0.29) is 11.7 Å². The van der Waals surface area contributed by atoms with Gasteiger partial charge in [0.2, 0.25) is 0 Å². The van der Waals surface area contributed by atoms with Crippen LogP contribution in [0.15, 0.2) is 49.7 Å². The molecule has 0 radical (unpaired) electrons. The number of aromatic nitrogens is 5. The van der Waals surface area contributed by atoms with Crippen LogP contribution in [-0.2, 0) is 0 Å². The largest absolute Gasteiger partial charge is 0.507 e. The monoisotopic (exact) mass is 379 g/mol. The lowest BCUT2D eigenvalue weighted by Crippen LogP contribution is -2.26. The molecule has 1 fully saturated rings. The molecule has 4 rings (SSSR count). The van der Waals surface area contributed by atoms with Crippen molar-refractivity contribution in [3.63, 3.8) is 0 Å². The maximum Gasteiger partial charge on any atom is 0.185 e. The van der Waals surface area contributed by atoms with Gasteiger partial charge in [0, 0.05) is 24.4 Å². The minimum absolute atomic E-state index is 0.0460. The predicted molar refractivity (Wildman–Crippen MR) is 104 cm³/mol. The van der Waals surface area contributed by atoms with Crippen LogP contribution in [0.3, 0.4) is 0 Å². The molecule has 3 atom stereocenters. The molecule has 28 heavy (non-hydrogen) atoms. The molecule has 0 saturated heterocycles. The van der Waals surface area contributed by atoms with Crippen molar-refractivity contribution in [2.75, 3.05) is 0 Å². The fraction of sp³-hybridized carbons (Fsp3) is 0.333. The van der Waals surface area contributed by atoms with Crippen molar-refractivity contribution in [2.24, 2.45) is 11.8 Å². The Balaban J connectivity index is 1.54. The maximum absolute atomic E-state index is 14.4. The number of imidazole rings is 1.